The Morgan fingerprint density at radius 2 is 2.14 bits per heavy atom. The van der Waals surface area contributed by atoms with Crippen LogP contribution in [0, 0.1) is 6.92 Å². The quantitative estimate of drug-likeness (QED) is 0.858. The molecule has 3 N–H and O–H groups in total. The smallest absolute Gasteiger partial charge is 0.251 e. The van der Waals surface area contributed by atoms with E-state index < -0.39 is 10.0 Å². The lowest BCUT2D eigenvalue weighted by Gasteiger charge is -2.20. The van der Waals surface area contributed by atoms with Gasteiger partial charge in [0.2, 0.25) is 10.0 Å². The molecular weight excluding hydrogens is 292 g/mol. The SMILES string of the molecule is Cc1ccc(S(N)(=O)=O)cc1C(=O)NC1CC2CCC1O2. The van der Waals surface area contributed by atoms with Crippen LogP contribution >= 0.6 is 0 Å². The molecule has 2 heterocycles. The molecule has 2 bridgehead atoms. The number of amides is 1. The van der Waals surface area contributed by atoms with E-state index in [9.17, 15) is 13.2 Å². The number of nitrogens with two attached hydrogens (primary N) is 1. The lowest BCUT2D eigenvalue weighted by molar-refractivity contribution is 0.0840. The Balaban J connectivity index is 1.81. The summed E-state index contributed by atoms with van der Waals surface area (Å²) in [5.41, 5.74) is 1.05. The second-order valence-corrected chi connectivity index (χ2v) is 7.27. The van der Waals surface area contributed by atoms with Crippen LogP contribution in [0.2, 0.25) is 0 Å². The molecule has 21 heavy (non-hydrogen) atoms. The summed E-state index contributed by atoms with van der Waals surface area (Å²) >= 11 is 0. The van der Waals surface area contributed by atoms with Crippen molar-refractivity contribution < 1.29 is 17.9 Å². The number of benzene rings is 1. The fourth-order valence-corrected chi connectivity index (χ4v) is 3.60. The monoisotopic (exact) mass is 310 g/mol. The highest BCUT2D eigenvalue weighted by Crippen LogP contribution is 2.34. The molecule has 0 aliphatic carbocycles. The van der Waals surface area contributed by atoms with Crippen molar-refractivity contribution in [3.8, 4) is 0 Å². The Morgan fingerprint density at radius 1 is 1.38 bits per heavy atom. The van der Waals surface area contributed by atoms with E-state index in [0.29, 0.717) is 11.1 Å². The van der Waals surface area contributed by atoms with Crippen LogP contribution in [0.15, 0.2) is 23.1 Å². The van der Waals surface area contributed by atoms with Crippen molar-refractivity contribution in [1.29, 1.82) is 0 Å². The number of primary sulfonamides is 1. The van der Waals surface area contributed by atoms with Gasteiger partial charge in [-0.1, -0.05) is 6.07 Å². The highest BCUT2D eigenvalue weighted by Gasteiger charge is 2.41. The first-order chi connectivity index (χ1) is 9.84. The van der Waals surface area contributed by atoms with E-state index in [4.69, 9.17) is 9.88 Å². The number of ether oxygens (including phenoxy) is 1. The minimum absolute atomic E-state index is 0.00814. The zero-order valence-electron chi connectivity index (χ0n) is 11.7. The van der Waals surface area contributed by atoms with Crippen LogP contribution in [-0.2, 0) is 14.8 Å². The maximum Gasteiger partial charge on any atom is 0.251 e. The van der Waals surface area contributed by atoms with E-state index in [0.717, 1.165) is 19.3 Å². The molecule has 6 nitrogen and oxygen atoms in total. The molecule has 0 spiro atoms. The summed E-state index contributed by atoms with van der Waals surface area (Å²) in [5.74, 6) is -0.279. The van der Waals surface area contributed by atoms with Crippen molar-refractivity contribution in [3.63, 3.8) is 0 Å². The number of carbonyl (C=O) groups excluding carboxylic acids is 1. The van der Waals surface area contributed by atoms with Gasteiger partial charge in [0.05, 0.1) is 23.1 Å². The highest BCUT2D eigenvalue weighted by molar-refractivity contribution is 7.89. The average Bonchev–Trinajstić information content (AvgIpc) is 2.99. The number of aryl methyl sites for hydroxylation is 1. The van der Waals surface area contributed by atoms with Gasteiger partial charge in [-0.05, 0) is 43.9 Å². The molecule has 3 unspecified atom stereocenters. The third-order valence-corrected chi connectivity index (χ3v) is 5.12. The minimum atomic E-state index is -3.82. The predicted octanol–water partition coefficient (Wildman–Crippen LogP) is 0.692. The van der Waals surface area contributed by atoms with Crippen LogP contribution in [0.1, 0.15) is 35.2 Å². The highest BCUT2D eigenvalue weighted by atomic mass is 32.2. The van der Waals surface area contributed by atoms with Crippen LogP contribution in [0.5, 0.6) is 0 Å². The molecule has 1 aromatic carbocycles. The molecule has 2 saturated heterocycles. The first-order valence-electron chi connectivity index (χ1n) is 6.94. The maximum atomic E-state index is 12.4. The molecule has 0 saturated carbocycles. The fourth-order valence-electron chi connectivity index (χ4n) is 3.06. The zero-order valence-corrected chi connectivity index (χ0v) is 12.5. The van der Waals surface area contributed by atoms with Gasteiger partial charge in [-0.3, -0.25) is 4.79 Å². The van der Waals surface area contributed by atoms with Gasteiger partial charge in [0, 0.05) is 5.56 Å². The summed E-state index contributed by atoms with van der Waals surface area (Å²) < 4.78 is 28.5. The lowest BCUT2D eigenvalue weighted by atomic mass is 9.95. The van der Waals surface area contributed by atoms with Crippen LogP contribution in [-0.4, -0.2) is 32.6 Å². The Morgan fingerprint density at radius 3 is 2.71 bits per heavy atom. The largest absolute Gasteiger partial charge is 0.373 e. The van der Waals surface area contributed by atoms with Crippen LogP contribution in [0.4, 0.5) is 0 Å². The Hall–Kier alpha value is -1.44. The maximum absolute atomic E-state index is 12.4. The van der Waals surface area contributed by atoms with Crippen molar-refractivity contribution in [3.05, 3.63) is 29.3 Å². The van der Waals surface area contributed by atoms with Gasteiger partial charge in [-0.25, -0.2) is 13.6 Å². The van der Waals surface area contributed by atoms with Gasteiger partial charge in [-0.2, -0.15) is 0 Å². The molecule has 2 fully saturated rings. The van der Waals surface area contributed by atoms with E-state index in [1.807, 2.05) is 0 Å². The van der Waals surface area contributed by atoms with Gasteiger partial charge in [0.15, 0.2) is 0 Å². The Bertz CT molecular complexity index is 686. The minimum Gasteiger partial charge on any atom is -0.373 e. The number of nitrogens with one attached hydrogen (secondary N) is 1. The summed E-state index contributed by atoms with van der Waals surface area (Å²) in [6, 6.07) is 4.33. The van der Waals surface area contributed by atoms with Crippen molar-refractivity contribution in [2.24, 2.45) is 5.14 Å². The van der Waals surface area contributed by atoms with Crippen molar-refractivity contribution in [2.75, 3.05) is 0 Å². The summed E-state index contributed by atoms with van der Waals surface area (Å²) in [5, 5.41) is 8.06. The molecule has 7 heteroatoms. The zero-order chi connectivity index (χ0) is 15.2. The normalized spacial score (nSPS) is 27.8. The number of carbonyl (C=O) groups is 1. The van der Waals surface area contributed by atoms with Gasteiger partial charge in [0.1, 0.15) is 0 Å². The van der Waals surface area contributed by atoms with Crippen LogP contribution in [0.25, 0.3) is 0 Å². The molecule has 114 valence electrons. The fraction of sp³-hybridized carbons (Fsp3) is 0.500. The van der Waals surface area contributed by atoms with Crippen molar-refractivity contribution in [1.82, 2.24) is 5.32 Å². The van der Waals surface area contributed by atoms with Crippen LogP contribution in [0.3, 0.4) is 0 Å². The van der Waals surface area contributed by atoms with E-state index in [1.54, 1.807) is 13.0 Å². The molecule has 3 atom stereocenters. The lowest BCUT2D eigenvalue weighted by Crippen LogP contribution is -2.41. The summed E-state index contributed by atoms with van der Waals surface area (Å²) in [6.07, 6.45) is 3.17. The number of hydrogen-bond donors (Lipinski definition) is 2. The standard InChI is InChI=1S/C14H18N2O4S/c1-8-2-4-10(21(15,18)19)7-11(8)14(17)16-12-6-9-3-5-13(12)20-9/h2,4,7,9,12-13H,3,5-6H2,1H3,(H,16,17)(H2,15,18,19). The van der Waals surface area contributed by atoms with Gasteiger partial charge >= 0.3 is 0 Å². The summed E-state index contributed by atoms with van der Waals surface area (Å²) in [7, 11) is -3.82. The first-order valence-corrected chi connectivity index (χ1v) is 8.49. The van der Waals surface area contributed by atoms with Crippen LogP contribution < -0.4 is 10.5 Å². The van der Waals surface area contributed by atoms with Gasteiger partial charge in [-0.15, -0.1) is 0 Å². The Kier molecular flexibility index (Phi) is 3.51. The first kappa shape index (κ1) is 14.5. The van der Waals surface area contributed by atoms with E-state index in [1.165, 1.54) is 12.1 Å². The van der Waals surface area contributed by atoms with E-state index >= 15 is 0 Å². The predicted molar refractivity (Wildman–Crippen MR) is 76.3 cm³/mol. The second kappa shape index (κ2) is 5.08. The molecule has 2 aliphatic rings. The Labute approximate surface area is 123 Å². The number of rotatable bonds is 3. The number of fused-ring (bicyclic) bond motifs is 2. The van der Waals surface area contributed by atoms with Crippen molar-refractivity contribution >= 4 is 15.9 Å². The second-order valence-electron chi connectivity index (χ2n) is 5.71. The average molecular weight is 310 g/mol. The molecule has 1 aromatic rings. The van der Waals surface area contributed by atoms with Gasteiger partial charge < -0.3 is 10.1 Å². The van der Waals surface area contributed by atoms with E-state index in [-0.39, 0.29) is 29.1 Å². The number of sulfonamides is 1. The molecular formula is C14H18N2O4S. The topological polar surface area (TPSA) is 98.5 Å². The van der Waals surface area contributed by atoms with Crippen molar-refractivity contribution in [2.45, 2.75) is 49.3 Å². The molecule has 1 amide bonds. The molecule has 2 aliphatic heterocycles. The third kappa shape index (κ3) is 2.81. The van der Waals surface area contributed by atoms with Gasteiger partial charge in [0.25, 0.3) is 5.91 Å². The van der Waals surface area contributed by atoms with E-state index in [2.05, 4.69) is 5.32 Å². The molecule has 3 rings (SSSR count). The molecule has 0 radical (unpaired) electrons. The third-order valence-electron chi connectivity index (χ3n) is 4.20. The molecule has 0 aromatic heterocycles. The summed E-state index contributed by atoms with van der Waals surface area (Å²) in [4.78, 5) is 12.3. The summed E-state index contributed by atoms with van der Waals surface area (Å²) in [6.45, 7) is 1.76. The number of hydrogen-bond acceptors (Lipinski definition) is 4.